The second-order valence-corrected chi connectivity index (χ2v) is 3.46. The lowest BCUT2D eigenvalue weighted by Gasteiger charge is -2.13. The maximum absolute atomic E-state index is 11.1. The van der Waals surface area contributed by atoms with E-state index in [1.165, 1.54) is 0 Å². The molecule has 0 saturated heterocycles. The molecule has 6 heteroatoms. The lowest BCUT2D eigenvalue weighted by atomic mass is 9.92. The first-order chi connectivity index (χ1) is 5.93. The van der Waals surface area contributed by atoms with E-state index in [-0.39, 0.29) is 12.4 Å². The van der Waals surface area contributed by atoms with Crippen molar-refractivity contribution in [2.24, 2.45) is 11.7 Å². The molecule has 0 spiro atoms. The molecule has 0 heterocycles. The molecule has 1 atom stereocenters. The van der Waals surface area contributed by atoms with E-state index < -0.39 is 13.2 Å². The zero-order valence-corrected chi connectivity index (χ0v) is 8.03. The first kappa shape index (κ1) is 12.4. The average molecular weight is 188 g/mol. The highest BCUT2D eigenvalue weighted by Gasteiger charge is 2.16. The Morgan fingerprint density at radius 2 is 2.08 bits per heavy atom. The first-order valence-corrected chi connectivity index (χ1v) is 4.33. The lowest BCUT2D eigenvalue weighted by Crippen LogP contribution is -2.45. The van der Waals surface area contributed by atoms with Gasteiger partial charge in [-0.2, -0.15) is 0 Å². The van der Waals surface area contributed by atoms with Crippen LogP contribution in [-0.2, 0) is 4.79 Å². The third-order valence-corrected chi connectivity index (χ3v) is 1.52. The van der Waals surface area contributed by atoms with Crippen molar-refractivity contribution in [1.82, 2.24) is 5.32 Å². The van der Waals surface area contributed by atoms with E-state index in [1.54, 1.807) is 0 Å². The van der Waals surface area contributed by atoms with Gasteiger partial charge in [0.2, 0.25) is 5.91 Å². The van der Waals surface area contributed by atoms with Gasteiger partial charge in [0.25, 0.3) is 0 Å². The van der Waals surface area contributed by atoms with E-state index in [9.17, 15) is 4.79 Å². The number of nitrogens with one attached hydrogen (secondary N) is 1. The smallest absolute Gasteiger partial charge is 0.426 e. The van der Waals surface area contributed by atoms with Gasteiger partial charge < -0.3 is 21.1 Å². The minimum absolute atomic E-state index is 0.176. The molecule has 5 nitrogen and oxygen atoms in total. The summed E-state index contributed by atoms with van der Waals surface area (Å²) < 4.78 is 0. The fourth-order valence-electron chi connectivity index (χ4n) is 0.938. The lowest BCUT2D eigenvalue weighted by molar-refractivity contribution is -0.122. The van der Waals surface area contributed by atoms with Crippen LogP contribution in [0.1, 0.15) is 20.3 Å². The Kier molecular flexibility index (Phi) is 5.69. The van der Waals surface area contributed by atoms with Gasteiger partial charge in [-0.05, 0) is 12.3 Å². The Labute approximate surface area is 78.5 Å². The predicted octanol–water partition coefficient (Wildman–Crippen LogP) is -1.51. The molecule has 0 fully saturated rings. The molecule has 0 aromatic rings. The number of nitrogens with two attached hydrogens (primary N) is 1. The van der Waals surface area contributed by atoms with Crippen LogP contribution in [0.25, 0.3) is 0 Å². The van der Waals surface area contributed by atoms with E-state index in [0.717, 1.165) is 0 Å². The summed E-state index contributed by atoms with van der Waals surface area (Å²) in [5, 5.41) is 19.3. The summed E-state index contributed by atoms with van der Waals surface area (Å²) in [4.78, 5) is 11.1. The van der Waals surface area contributed by atoms with Gasteiger partial charge in [0, 0.05) is 0 Å². The Balaban J connectivity index is 3.69. The molecule has 0 unspecified atom stereocenters. The minimum Gasteiger partial charge on any atom is -0.426 e. The Morgan fingerprint density at radius 1 is 1.54 bits per heavy atom. The number of carbonyl (C=O) groups is 1. The van der Waals surface area contributed by atoms with Crippen molar-refractivity contribution in [2.45, 2.75) is 26.3 Å². The number of amides is 1. The largest absolute Gasteiger partial charge is 0.472 e. The van der Waals surface area contributed by atoms with Crippen LogP contribution in [0.4, 0.5) is 0 Å². The minimum atomic E-state index is -1.52. The van der Waals surface area contributed by atoms with E-state index >= 15 is 0 Å². The van der Waals surface area contributed by atoms with Gasteiger partial charge in [0.15, 0.2) is 0 Å². The van der Waals surface area contributed by atoms with Gasteiger partial charge in [-0.15, -0.1) is 0 Å². The molecule has 13 heavy (non-hydrogen) atoms. The highest BCUT2D eigenvalue weighted by Crippen LogP contribution is 2.01. The van der Waals surface area contributed by atoms with Crippen LogP contribution in [0.5, 0.6) is 0 Å². The Morgan fingerprint density at radius 3 is 2.46 bits per heavy atom. The van der Waals surface area contributed by atoms with Crippen molar-refractivity contribution in [1.29, 1.82) is 0 Å². The Hall–Kier alpha value is -0.585. The molecule has 0 rings (SSSR count). The average Bonchev–Trinajstić information content (AvgIpc) is 1.98. The van der Waals surface area contributed by atoms with Gasteiger partial charge in [-0.1, -0.05) is 13.8 Å². The molecule has 0 bridgehead atoms. The van der Waals surface area contributed by atoms with Crippen molar-refractivity contribution < 1.29 is 14.8 Å². The van der Waals surface area contributed by atoms with Crippen LogP contribution in [0.15, 0.2) is 0 Å². The summed E-state index contributed by atoms with van der Waals surface area (Å²) in [7, 11) is -1.52. The monoisotopic (exact) mass is 188 g/mol. The summed E-state index contributed by atoms with van der Waals surface area (Å²) in [6, 6.07) is -0.571. The standard InChI is InChI=1S/C7H17BN2O3/c1-5(2)3-6(9)7(11)10-4-8(12)13/h5-6,12-13H,3-4,9H2,1-2H3,(H,10,11)/t6-/m0/s1. The van der Waals surface area contributed by atoms with Crippen molar-refractivity contribution in [3.63, 3.8) is 0 Å². The summed E-state index contributed by atoms with van der Waals surface area (Å²) in [6.07, 6.45) is 0.415. The normalized spacial score (nSPS) is 12.8. The molecular weight excluding hydrogens is 171 g/mol. The molecule has 0 saturated carbocycles. The highest BCUT2D eigenvalue weighted by atomic mass is 16.4. The number of carbonyl (C=O) groups excluding carboxylic acids is 1. The zero-order chi connectivity index (χ0) is 10.4. The molecule has 0 aliphatic rings. The van der Waals surface area contributed by atoms with E-state index in [4.69, 9.17) is 15.8 Å². The van der Waals surface area contributed by atoms with Crippen molar-refractivity contribution in [3.05, 3.63) is 0 Å². The van der Waals surface area contributed by atoms with Gasteiger partial charge in [0.05, 0.1) is 12.5 Å². The van der Waals surface area contributed by atoms with Crippen molar-refractivity contribution in [3.8, 4) is 0 Å². The van der Waals surface area contributed by atoms with E-state index in [0.29, 0.717) is 12.3 Å². The van der Waals surface area contributed by atoms with Gasteiger partial charge >= 0.3 is 7.12 Å². The molecule has 0 aliphatic heterocycles. The zero-order valence-electron chi connectivity index (χ0n) is 8.03. The fourth-order valence-corrected chi connectivity index (χ4v) is 0.938. The van der Waals surface area contributed by atoms with Crippen LogP contribution in [-0.4, -0.2) is 35.6 Å². The summed E-state index contributed by atoms with van der Waals surface area (Å²) in [5.74, 6) is 0.00148. The maximum Gasteiger partial charge on any atom is 0.472 e. The van der Waals surface area contributed by atoms with Crippen LogP contribution >= 0.6 is 0 Å². The highest BCUT2D eigenvalue weighted by molar-refractivity contribution is 6.41. The molecule has 0 aliphatic carbocycles. The number of rotatable bonds is 5. The van der Waals surface area contributed by atoms with Crippen LogP contribution < -0.4 is 11.1 Å². The second-order valence-electron chi connectivity index (χ2n) is 3.46. The fraction of sp³-hybridized carbons (Fsp3) is 0.857. The van der Waals surface area contributed by atoms with Crippen LogP contribution in [0.3, 0.4) is 0 Å². The van der Waals surface area contributed by atoms with Gasteiger partial charge in [-0.25, -0.2) is 0 Å². The summed E-state index contributed by atoms with van der Waals surface area (Å²) in [5.41, 5.74) is 5.53. The molecule has 0 radical (unpaired) electrons. The third-order valence-electron chi connectivity index (χ3n) is 1.52. The molecule has 1 amide bonds. The third kappa shape index (κ3) is 6.56. The summed E-state index contributed by atoms with van der Waals surface area (Å²) >= 11 is 0. The SMILES string of the molecule is CC(C)C[C@H](N)C(=O)NCB(O)O. The number of hydrogen-bond acceptors (Lipinski definition) is 4. The Bertz CT molecular complexity index is 164. The van der Waals surface area contributed by atoms with Gasteiger partial charge in [0.1, 0.15) is 0 Å². The second kappa shape index (κ2) is 5.96. The van der Waals surface area contributed by atoms with Crippen molar-refractivity contribution >= 4 is 13.0 Å². The topological polar surface area (TPSA) is 95.6 Å². The van der Waals surface area contributed by atoms with Crippen molar-refractivity contribution in [2.75, 3.05) is 6.44 Å². The van der Waals surface area contributed by atoms with E-state index in [2.05, 4.69) is 5.32 Å². The quantitative estimate of drug-likeness (QED) is 0.394. The maximum atomic E-state index is 11.1. The number of hydrogen-bond donors (Lipinski definition) is 4. The van der Waals surface area contributed by atoms with Crippen LogP contribution in [0.2, 0.25) is 0 Å². The van der Waals surface area contributed by atoms with Crippen LogP contribution in [0, 0.1) is 5.92 Å². The molecule has 5 N–H and O–H groups in total. The molecule has 76 valence electrons. The first-order valence-electron chi connectivity index (χ1n) is 4.33. The predicted molar refractivity (Wildman–Crippen MR) is 50.6 cm³/mol. The molecule has 0 aromatic heterocycles. The van der Waals surface area contributed by atoms with E-state index in [1.807, 2.05) is 13.8 Å². The molecule has 0 aromatic carbocycles. The van der Waals surface area contributed by atoms with Gasteiger partial charge in [-0.3, -0.25) is 4.79 Å². The summed E-state index contributed by atoms with van der Waals surface area (Å²) in [6.45, 7) is 3.93. The molecular formula is C7H17BN2O3.